The van der Waals surface area contributed by atoms with E-state index in [1.165, 1.54) is 0 Å². The molecule has 0 fully saturated rings. The van der Waals surface area contributed by atoms with Gasteiger partial charge in [0.25, 0.3) is 5.56 Å². The smallest absolute Gasteiger partial charge is 0.382 e. The second-order valence-corrected chi connectivity index (χ2v) is 5.21. The molecule has 21 heavy (non-hydrogen) atoms. The third-order valence-corrected chi connectivity index (χ3v) is 3.10. The Balaban J connectivity index is 2.70. The lowest BCUT2D eigenvalue weighted by Crippen LogP contribution is -2.31. The molecular formula is C9H8ClF6N3OS. The van der Waals surface area contributed by atoms with E-state index in [-0.39, 0.29) is 34.4 Å². The number of thioether (sulfide) groups is 1. The largest absolute Gasteiger partial charge is 0.441 e. The van der Waals surface area contributed by atoms with Crippen LogP contribution in [0, 0.1) is 0 Å². The van der Waals surface area contributed by atoms with Gasteiger partial charge >= 0.3 is 11.7 Å². The quantitative estimate of drug-likeness (QED) is 0.651. The van der Waals surface area contributed by atoms with Crippen molar-refractivity contribution in [3.8, 4) is 0 Å². The van der Waals surface area contributed by atoms with Crippen molar-refractivity contribution in [1.29, 1.82) is 0 Å². The van der Waals surface area contributed by atoms with E-state index in [0.29, 0.717) is 0 Å². The Morgan fingerprint density at radius 3 is 2.43 bits per heavy atom. The van der Waals surface area contributed by atoms with Crippen LogP contribution in [0.25, 0.3) is 0 Å². The number of nitrogens with one attached hydrogen (secondary N) is 1. The summed E-state index contributed by atoms with van der Waals surface area (Å²) >= 11 is 5.28. The maximum Gasteiger partial charge on any atom is 0.441 e. The van der Waals surface area contributed by atoms with Gasteiger partial charge in [0, 0.05) is 12.3 Å². The zero-order valence-corrected chi connectivity index (χ0v) is 11.6. The molecule has 0 amide bonds. The van der Waals surface area contributed by atoms with Gasteiger partial charge in [-0.2, -0.15) is 31.4 Å². The SMILES string of the molecule is O=c1c(Cl)c(NCCSC(F)(F)F)cnn1CC(F)(F)F. The summed E-state index contributed by atoms with van der Waals surface area (Å²) in [5, 5.41) is 5.10. The van der Waals surface area contributed by atoms with E-state index in [4.69, 9.17) is 11.6 Å². The van der Waals surface area contributed by atoms with Crippen molar-refractivity contribution in [2.24, 2.45) is 0 Å². The first-order valence-corrected chi connectivity index (χ1v) is 6.63. The third kappa shape index (κ3) is 6.46. The second-order valence-electron chi connectivity index (χ2n) is 3.67. The Kier molecular flexibility index (Phi) is 5.79. The molecule has 0 aliphatic carbocycles. The van der Waals surface area contributed by atoms with Crippen LogP contribution in [0.3, 0.4) is 0 Å². The Bertz CT molecular complexity index is 544. The summed E-state index contributed by atoms with van der Waals surface area (Å²) in [6, 6.07) is 0. The number of rotatable bonds is 5. The van der Waals surface area contributed by atoms with Crippen LogP contribution < -0.4 is 10.9 Å². The van der Waals surface area contributed by atoms with E-state index in [1.807, 2.05) is 0 Å². The first kappa shape index (κ1) is 18.0. The van der Waals surface area contributed by atoms with Gasteiger partial charge in [0.15, 0.2) is 0 Å². The van der Waals surface area contributed by atoms with Crippen molar-refractivity contribution in [1.82, 2.24) is 9.78 Å². The molecule has 1 aromatic heterocycles. The minimum absolute atomic E-state index is 0.122. The highest BCUT2D eigenvalue weighted by Gasteiger charge is 2.30. The van der Waals surface area contributed by atoms with Crippen molar-refractivity contribution in [3.05, 3.63) is 21.6 Å². The lowest BCUT2D eigenvalue weighted by Gasteiger charge is -2.12. The zero-order chi connectivity index (χ0) is 16.3. The molecule has 0 aliphatic heterocycles. The van der Waals surface area contributed by atoms with Gasteiger partial charge in [0.2, 0.25) is 0 Å². The zero-order valence-electron chi connectivity index (χ0n) is 10.1. The standard InChI is InChI=1S/C9H8ClF6N3OS/c10-6-5(17-1-2-21-9(14,15)16)3-18-19(7(6)20)4-8(11,12)13/h3,17H,1-2,4H2. The topological polar surface area (TPSA) is 46.9 Å². The van der Waals surface area contributed by atoms with Gasteiger partial charge in [-0.15, -0.1) is 0 Å². The Morgan fingerprint density at radius 1 is 1.29 bits per heavy atom. The maximum absolute atomic E-state index is 12.1. The number of hydrogen-bond donors (Lipinski definition) is 1. The van der Waals surface area contributed by atoms with E-state index in [1.54, 1.807) is 0 Å². The van der Waals surface area contributed by atoms with Crippen LogP contribution in [-0.4, -0.2) is 33.8 Å². The molecule has 0 saturated carbocycles. The van der Waals surface area contributed by atoms with Gasteiger partial charge < -0.3 is 5.32 Å². The van der Waals surface area contributed by atoms with Crippen LogP contribution in [0.5, 0.6) is 0 Å². The number of anilines is 1. The molecule has 1 rings (SSSR count). The minimum atomic E-state index is -4.64. The molecule has 0 bridgehead atoms. The van der Waals surface area contributed by atoms with Crippen molar-refractivity contribution in [2.75, 3.05) is 17.6 Å². The van der Waals surface area contributed by atoms with Crippen LogP contribution in [0.1, 0.15) is 0 Å². The van der Waals surface area contributed by atoms with Crippen LogP contribution in [0.2, 0.25) is 5.02 Å². The number of aromatic nitrogens is 2. The molecule has 0 atom stereocenters. The fourth-order valence-electron chi connectivity index (χ4n) is 1.22. The fraction of sp³-hybridized carbons (Fsp3) is 0.556. The van der Waals surface area contributed by atoms with E-state index in [2.05, 4.69) is 10.4 Å². The summed E-state index contributed by atoms with van der Waals surface area (Å²) in [4.78, 5) is 11.5. The summed E-state index contributed by atoms with van der Waals surface area (Å²) in [7, 11) is 0. The van der Waals surface area contributed by atoms with Crippen LogP contribution >= 0.6 is 23.4 Å². The van der Waals surface area contributed by atoms with Gasteiger partial charge in [-0.05, 0) is 11.8 Å². The van der Waals surface area contributed by atoms with Gasteiger partial charge in [-0.3, -0.25) is 4.79 Å². The highest BCUT2D eigenvalue weighted by atomic mass is 35.5. The third-order valence-electron chi connectivity index (χ3n) is 2.00. The molecule has 1 heterocycles. The molecule has 0 aliphatic rings. The molecule has 0 saturated heterocycles. The van der Waals surface area contributed by atoms with Crippen molar-refractivity contribution >= 4 is 29.1 Å². The van der Waals surface area contributed by atoms with Gasteiger partial charge in [-0.25, -0.2) is 4.68 Å². The first-order valence-electron chi connectivity index (χ1n) is 5.26. The summed E-state index contributed by atoms with van der Waals surface area (Å²) in [5.41, 5.74) is -5.69. The van der Waals surface area contributed by atoms with Crippen LogP contribution in [0.15, 0.2) is 11.0 Å². The molecule has 1 aromatic rings. The van der Waals surface area contributed by atoms with Gasteiger partial charge in [-0.1, -0.05) is 11.6 Å². The molecule has 1 N–H and O–H groups in total. The Morgan fingerprint density at radius 2 is 1.90 bits per heavy atom. The predicted molar refractivity (Wildman–Crippen MR) is 66.6 cm³/mol. The predicted octanol–water partition coefficient (Wildman–Crippen LogP) is 3.12. The Hall–Kier alpha value is -1.10. The van der Waals surface area contributed by atoms with Crippen LogP contribution in [0.4, 0.5) is 32.0 Å². The molecule has 4 nitrogen and oxygen atoms in total. The van der Waals surface area contributed by atoms with E-state index in [9.17, 15) is 31.1 Å². The molecule has 0 spiro atoms. The van der Waals surface area contributed by atoms with E-state index >= 15 is 0 Å². The molecule has 0 unspecified atom stereocenters. The first-order chi connectivity index (χ1) is 9.49. The summed E-state index contributed by atoms with van der Waals surface area (Å²) < 4.78 is 72.2. The van der Waals surface area contributed by atoms with Crippen molar-refractivity contribution < 1.29 is 26.3 Å². The monoisotopic (exact) mass is 355 g/mol. The number of nitrogens with zero attached hydrogens (tertiary/aromatic N) is 2. The van der Waals surface area contributed by atoms with Gasteiger partial charge in [0.1, 0.15) is 11.6 Å². The molecular weight excluding hydrogens is 348 g/mol. The average Bonchev–Trinajstić information content (AvgIpc) is 2.30. The molecule has 0 aromatic carbocycles. The summed E-state index contributed by atoms with van der Waals surface area (Å²) in [6.45, 7) is -1.79. The van der Waals surface area contributed by atoms with Crippen molar-refractivity contribution in [2.45, 2.75) is 18.2 Å². The fourth-order valence-corrected chi connectivity index (χ4v) is 1.87. The average molecular weight is 356 g/mol. The molecule has 120 valence electrons. The lowest BCUT2D eigenvalue weighted by molar-refractivity contribution is -0.143. The van der Waals surface area contributed by atoms with Gasteiger partial charge in [0.05, 0.1) is 11.9 Å². The number of alkyl halides is 6. The lowest BCUT2D eigenvalue weighted by atomic mass is 10.4. The minimum Gasteiger partial charge on any atom is -0.382 e. The maximum atomic E-state index is 12.1. The van der Waals surface area contributed by atoms with E-state index in [0.717, 1.165) is 6.20 Å². The second kappa shape index (κ2) is 6.77. The van der Waals surface area contributed by atoms with E-state index < -0.39 is 28.8 Å². The molecule has 12 heteroatoms. The summed E-state index contributed by atoms with van der Waals surface area (Å²) in [6.07, 6.45) is -3.79. The highest BCUT2D eigenvalue weighted by Crippen LogP contribution is 2.29. The highest BCUT2D eigenvalue weighted by molar-refractivity contribution is 8.00. The number of halogens is 7. The number of hydrogen-bond acceptors (Lipinski definition) is 4. The normalized spacial score (nSPS) is 12.5. The Labute approximate surface area is 123 Å². The summed E-state index contributed by atoms with van der Waals surface area (Å²) in [5.74, 6) is -0.356. The molecule has 0 radical (unpaired) electrons. The van der Waals surface area contributed by atoms with Crippen molar-refractivity contribution in [3.63, 3.8) is 0 Å². The van der Waals surface area contributed by atoms with Crippen LogP contribution in [-0.2, 0) is 6.54 Å².